The summed E-state index contributed by atoms with van der Waals surface area (Å²) in [5.74, 6) is -0.320. The smallest absolute Gasteiger partial charge is 0.262 e. The van der Waals surface area contributed by atoms with Gasteiger partial charge in [0, 0.05) is 12.7 Å². The number of fused-ring (bicyclic) bond motifs is 3. The Morgan fingerprint density at radius 1 is 1.18 bits per heavy atom. The van der Waals surface area contributed by atoms with Gasteiger partial charge in [0.15, 0.2) is 5.16 Å². The Morgan fingerprint density at radius 3 is 2.75 bits per heavy atom. The zero-order valence-electron chi connectivity index (χ0n) is 15.1. The normalized spacial score (nSPS) is 12.4. The van der Waals surface area contributed by atoms with Crippen LogP contribution in [0.2, 0.25) is 0 Å². The van der Waals surface area contributed by atoms with Crippen molar-refractivity contribution in [2.45, 2.75) is 17.3 Å². The highest BCUT2D eigenvalue weighted by atomic mass is 32.2. The van der Waals surface area contributed by atoms with E-state index in [4.69, 9.17) is 0 Å². The molecule has 0 aliphatic heterocycles. The Kier molecular flexibility index (Phi) is 4.60. The maximum atomic E-state index is 13.3. The van der Waals surface area contributed by atoms with Crippen molar-refractivity contribution >= 4 is 40.0 Å². The van der Waals surface area contributed by atoms with E-state index in [1.54, 1.807) is 36.6 Å². The Hall–Kier alpha value is -3.20. The molecule has 2 aromatic heterocycles. The molecular formula is C19H16FN5O2S. The molecule has 7 nitrogen and oxygen atoms in total. The van der Waals surface area contributed by atoms with Gasteiger partial charge in [-0.2, -0.15) is 0 Å². The molecule has 2 aromatic carbocycles. The minimum atomic E-state index is -0.522. The standard InChI is InChI=1S/C19H16FN5O2S/c1-11(16(26)21-13-7-5-6-12(20)10-13)28-19-23-22-18-24(2)17(27)14-8-3-4-9-15(14)25(18)19/h3-11H,1-2H3,(H,21,26). The fraction of sp³-hybridized carbons (Fsp3) is 0.158. The molecule has 0 saturated heterocycles. The van der Waals surface area contributed by atoms with E-state index in [0.717, 1.165) is 0 Å². The van der Waals surface area contributed by atoms with Gasteiger partial charge in [0.1, 0.15) is 5.82 Å². The van der Waals surface area contributed by atoms with Crippen molar-refractivity contribution in [1.29, 1.82) is 0 Å². The number of para-hydroxylation sites is 1. The molecule has 9 heteroatoms. The van der Waals surface area contributed by atoms with Gasteiger partial charge < -0.3 is 5.32 Å². The molecule has 0 aliphatic carbocycles. The molecule has 0 saturated carbocycles. The van der Waals surface area contributed by atoms with E-state index in [-0.39, 0.29) is 11.5 Å². The quantitative estimate of drug-likeness (QED) is 0.536. The van der Waals surface area contributed by atoms with E-state index in [9.17, 15) is 14.0 Å². The number of carbonyl (C=O) groups is 1. The first-order valence-electron chi connectivity index (χ1n) is 8.51. The third kappa shape index (κ3) is 3.13. The number of aryl methyl sites for hydroxylation is 1. The van der Waals surface area contributed by atoms with Gasteiger partial charge >= 0.3 is 0 Å². The van der Waals surface area contributed by atoms with Gasteiger partial charge in [0.05, 0.1) is 16.2 Å². The lowest BCUT2D eigenvalue weighted by Crippen LogP contribution is -2.23. The second kappa shape index (κ2) is 7.08. The molecule has 4 rings (SSSR count). The lowest BCUT2D eigenvalue weighted by molar-refractivity contribution is -0.115. The number of rotatable bonds is 4. The van der Waals surface area contributed by atoms with Crippen LogP contribution in [0.3, 0.4) is 0 Å². The summed E-state index contributed by atoms with van der Waals surface area (Å²) in [6.07, 6.45) is 0. The summed E-state index contributed by atoms with van der Waals surface area (Å²) in [6.45, 7) is 1.73. The van der Waals surface area contributed by atoms with Crippen LogP contribution < -0.4 is 10.9 Å². The summed E-state index contributed by atoms with van der Waals surface area (Å²) >= 11 is 1.21. The number of nitrogens with zero attached hydrogens (tertiary/aromatic N) is 4. The molecule has 0 aliphatic rings. The zero-order valence-corrected chi connectivity index (χ0v) is 15.9. The maximum Gasteiger partial charge on any atom is 0.262 e. The second-order valence-corrected chi connectivity index (χ2v) is 7.57. The second-order valence-electron chi connectivity index (χ2n) is 6.26. The number of hydrogen-bond donors (Lipinski definition) is 1. The molecule has 0 bridgehead atoms. The topological polar surface area (TPSA) is 81.3 Å². The molecule has 0 fully saturated rings. The third-order valence-corrected chi connectivity index (χ3v) is 5.38. The Balaban J connectivity index is 1.68. The molecule has 1 atom stereocenters. The molecule has 1 amide bonds. The van der Waals surface area contributed by atoms with Gasteiger partial charge in [0.25, 0.3) is 5.56 Å². The van der Waals surface area contributed by atoms with Gasteiger partial charge in [-0.25, -0.2) is 4.39 Å². The van der Waals surface area contributed by atoms with Crippen LogP contribution in [0.1, 0.15) is 6.92 Å². The molecule has 2 heterocycles. The third-order valence-electron chi connectivity index (χ3n) is 4.34. The molecule has 1 N–H and O–H groups in total. The average Bonchev–Trinajstić information content (AvgIpc) is 3.10. The number of halogens is 1. The van der Waals surface area contributed by atoms with E-state index in [0.29, 0.717) is 27.5 Å². The van der Waals surface area contributed by atoms with Gasteiger partial charge in [-0.3, -0.25) is 18.6 Å². The first kappa shape index (κ1) is 18.2. The van der Waals surface area contributed by atoms with E-state index in [1.807, 2.05) is 12.1 Å². The number of hydrogen-bond acceptors (Lipinski definition) is 5. The molecule has 4 aromatic rings. The number of anilines is 1. The zero-order chi connectivity index (χ0) is 19.8. The fourth-order valence-electron chi connectivity index (χ4n) is 2.91. The molecule has 142 valence electrons. The van der Waals surface area contributed by atoms with Crippen molar-refractivity contribution < 1.29 is 9.18 Å². The van der Waals surface area contributed by atoms with Crippen LogP contribution in [0.15, 0.2) is 58.5 Å². The van der Waals surface area contributed by atoms with Crippen LogP contribution in [0.4, 0.5) is 10.1 Å². The summed E-state index contributed by atoms with van der Waals surface area (Å²) in [7, 11) is 1.63. The highest BCUT2D eigenvalue weighted by Gasteiger charge is 2.21. The van der Waals surface area contributed by atoms with Crippen LogP contribution in [-0.2, 0) is 11.8 Å². The van der Waals surface area contributed by atoms with Gasteiger partial charge in [-0.05, 0) is 37.3 Å². The maximum absolute atomic E-state index is 13.3. The molecule has 1 unspecified atom stereocenters. The summed E-state index contributed by atoms with van der Waals surface area (Å²) in [4.78, 5) is 25.0. The number of benzene rings is 2. The van der Waals surface area contributed by atoms with E-state index < -0.39 is 11.1 Å². The molecule has 0 radical (unpaired) electrons. The van der Waals surface area contributed by atoms with Gasteiger partial charge in [0.2, 0.25) is 11.7 Å². The number of carbonyl (C=O) groups excluding carboxylic acids is 1. The summed E-state index contributed by atoms with van der Waals surface area (Å²) in [5.41, 5.74) is 0.895. The molecule has 0 spiro atoms. The largest absolute Gasteiger partial charge is 0.325 e. The first-order chi connectivity index (χ1) is 13.5. The van der Waals surface area contributed by atoms with Crippen molar-refractivity contribution in [3.05, 3.63) is 64.7 Å². The average molecular weight is 397 g/mol. The van der Waals surface area contributed by atoms with Crippen molar-refractivity contribution in [3.8, 4) is 0 Å². The van der Waals surface area contributed by atoms with E-state index in [2.05, 4.69) is 15.5 Å². The number of nitrogens with one attached hydrogen (secondary N) is 1. The summed E-state index contributed by atoms with van der Waals surface area (Å²) < 4.78 is 16.5. The predicted octanol–water partition coefficient (Wildman–Crippen LogP) is 2.84. The van der Waals surface area contributed by atoms with Crippen LogP contribution in [0, 0.1) is 5.82 Å². The van der Waals surface area contributed by atoms with Crippen LogP contribution in [0.5, 0.6) is 0 Å². The highest BCUT2D eigenvalue weighted by Crippen LogP contribution is 2.25. The van der Waals surface area contributed by atoms with Crippen LogP contribution in [-0.4, -0.2) is 30.3 Å². The Morgan fingerprint density at radius 2 is 1.96 bits per heavy atom. The number of aromatic nitrogens is 4. The predicted molar refractivity (Wildman–Crippen MR) is 106 cm³/mol. The number of amides is 1. The Bertz CT molecular complexity index is 1270. The van der Waals surface area contributed by atoms with Gasteiger partial charge in [-0.1, -0.05) is 30.0 Å². The Labute approximate surface area is 163 Å². The van der Waals surface area contributed by atoms with Crippen LogP contribution >= 0.6 is 11.8 Å². The van der Waals surface area contributed by atoms with Crippen molar-refractivity contribution in [3.63, 3.8) is 0 Å². The fourth-order valence-corrected chi connectivity index (χ4v) is 3.76. The monoisotopic (exact) mass is 397 g/mol. The lowest BCUT2D eigenvalue weighted by Gasteiger charge is -2.12. The SMILES string of the molecule is CC(Sc1nnc2n(C)c(=O)c3ccccc3n12)C(=O)Nc1cccc(F)c1. The lowest BCUT2D eigenvalue weighted by atomic mass is 10.2. The van der Waals surface area contributed by atoms with Crippen molar-refractivity contribution in [2.75, 3.05) is 5.32 Å². The minimum absolute atomic E-state index is 0.163. The van der Waals surface area contributed by atoms with Crippen molar-refractivity contribution in [2.24, 2.45) is 7.05 Å². The van der Waals surface area contributed by atoms with Crippen LogP contribution in [0.25, 0.3) is 16.7 Å². The van der Waals surface area contributed by atoms with E-state index >= 15 is 0 Å². The van der Waals surface area contributed by atoms with E-state index in [1.165, 1.54) is 34.5 Å². The van der Waals surface area contributed by atoms with Gasteiger partial charge in [-0.15, -0.1) is 10.2 Å². The summed E-state index contributed by atoms with van der Waals surface area (Å²) in [6, 6.07) is 12.9. The van der Waals surface area contributed by atoms with Crippen molar-refractivity contribution in [1.82, 2.24) is 19.2 Å². The number of thioether (sulfide) groups is 1. The molecular weight excluding hydrogens is 381 g/mol. The minimum Gasteiger partial charge on any atom is -0.325 e. The highest BCUT2D eigenvalue weighted by molar-refractivity contribution is 8.00. The first-order valence-corrected chi connectivity index (χ1v) is 9.39. The molecule has 28 heavy (non-hydrogen) atoms. The summed E-state index contributed by atoms with van der Waals surface area (Å²) in [5, 5.41) is 11.5.